The first kappa shape index (κ1) is 29.6. The van der Waals surface area contributed by atoms with Crippen LogP contribution in [0.25, 0.3) is 0 Å². The van der Waals surface area contributed by atoms with Crippen LogP contribution in [-0.2, 0) is 11.2 Å². The highest BCUT2D eigenvalue weighted by atomic mass is 16.5. The molecule has 5 heteroatoms. The van der Waals surface area contributed by atoms with Crippen molar-refractivity contribution in [2.75, 3.05) is 19.8 Å². The summed E-state index contributed by atoms with van der Waals surface area (Å²) in [6.07, 6.45) is 20.0. The predicted octanol–water partition coefficient (Wildman–Crippen LogP) is 7.16. The number of ether oxygens (including phenoxy) is 1. The van der Waals surface area contributed by atoms with Crippen LogP contribution in [0.4, 0.5) is 0 Å². The summed E-state index contributed by atoms with van der Waals surface area (Å²) in [7, 11) is 0. The number of hydrogen-bond acceptors (Lipinski definition) is 4. The molecular formula is C34H59N3O2. The maximum absolute atomic E-state index is 12.5. The number of imidazole rings is 1. The number of nitrogens with one attached hydrogen (secondary N) is 2. The zero-order valence-electron chi connectivity index (χ0n) is 25.8. The molecule has 3 N–H and O–H groups in total. The fraction of sp³-hybridized carbons (Fsp3) is 0.912. The molecule has 5 nitrogen and oxygen atoms in total. The first-order valence-electron chi connectivity index (χ1n) is 16.7. The minimum Gasteiger partial charge on any atom is -0.388 e. The molecule has 1 aromatic heterocycles. The van der Waals surface area contributed by atoms with Gasteiger partial charge >= 0.3 is 0 Å². The molecule has 2 unspecified atom stereocenters. The van der Waals surface area contributed by atoms with Crippen LogP contribution in [-0.4, -0.2) is 46.5 Å². The van der Waals surface area contributed by atoms with Crippen LogP contribution in [0.1, 0.15) is 117 Å². The molecule has 4 saturated carbocycles. The second-order valence-electron chi connectivity index (χ2n) is 14.9. The lowest BCUT2D eigenvalue weighted by Gasteiger charge is -2.66. The zero-order chi connectivity index (χ0) is 27.7. The van der Waals surface area contributed by atoms with Gasteiger partial charge in [0.05, 0.1) is 17.6 Å². The molecule has 222 valence electrons. The van der Waals surface area contributed by atoms with E-state index in [9.17, 15) is 5.11 Å². The summed E-state index contributed by atoms with van der Waals surface area (Å²) in [6.45, 7) is 14.8. The highest BCUT2D eigenvalue weighted by Crippen LogP contribution is 2.69. The van der Waals surface area contributed by atoms with Crippen LogP contribution < -0.4 is 5.32 Å². The molecule has 0 aromatic carbocycles. The zero-order valence-corrected chi connectivity index (χ0v) is 25.8. The molecule has 0 radical (unpaired) electrons. The minimum atomic E-state index is -0.574. The number of aromatic amines is 1. The van der Waals surface area contributed by atoms with E-state index in [0.29, 0.717) is 17.3 Å². The highest BCUT2D eigenvalue weighted by Gasteiger charge is 2.66. The SMILES string of the molecule is CCOCC(C)CCCC(C)[C@H]1CC[C@H]2[C@@H]3C[C@@H](NCCc4c[nH]cn4)[C@@]4(O)CCCC[C@]4(C)[C@H]3CC[C@]12C. The van der Waals surface area contributed by atoms with E-state index in [1.807, 2.05) is 6.20 Å². The Bertz CT molecular complexity index is 906. The van der Waals surface area contributed by atoms with E-state index in [4.69, 9.17) is 4.74 Å². The van der Waals surface area contributed by atoms with E-state index < -0.39 is 5.60 Å². The Labute approximate surface area is 239 Å². The van der Waals surface area contributed by atoms with E-state index >= 15 is 0 Å². The van der Waals surface area contributed by atoms with Gasteiger partial charge in [-0.25, -0.2) is 4.98 Å². The number of rotatable bonds is 12. The van der Waals surface area contributed by atoms with Gasteiger partial charge in [-0.05, 0) is 99.2 Å². The Morgan fingerprint density at radius 2 is 1.92 bits per heavy atom. The maximum atomic E-state index is 12.5. The summed E-state index contributed by atoms with van der Waals surface area (Å²) in [5.41, 5.74) is 1.05. The van der Waals surface area contributed by atoms with Crippen molar-refractivity contribution >= 4 is 0 Å². The quantitative estimate of drug-likeness (QED) is 0.262. The fourth-order valence-electron chi connectivity index (χ4n) is 10.8. The number of H-pyrrole nitrogens is 1. The van der Waals surface area contributed by atoms with Crippen molar-refractivity contribution < 1.29 is 9.84 Å². The third-order valence-electron chi connectivity index (χ3n) is 12.9. The molecular weight excluding hydrogens is 482 g/mol. The molecule has 1 heterocycles. The van der Waals surface area contributed by atoms with Crippen molar-refractivity contribution in [1.29, 1.82) is 0 Å². The summed E-state index contributed by atoms with van der Waals surface area (Å²) in [5.74, 6) is 4.59. The van der Waals surface area contributed by atoms with Gasteiger partial charge in [-0.2, -0.15) is 0 Å². The average Bonchev–Trinajstić information content (AvgIpc) is 3.55. The van der Waals surface area contributed by atoms with Crippen molar-refractivity contribution in [2.45, 2.75) is 130 Å². The molecule has 5 rings (SSSR count). The monoisotopic (exact) mass is 541 g/mol. The summed E-state index contributed by atoms with van der Waals surface area (Å²) in [6, 6.07) is 0.202. The third kappa shape index (κ3) is 5.50. The van der Waals surface area contributed by atoms with Crippen molar-refractivity contribution in [3.8, 4) is 0 Å². The first-order valence-corrected chi connectivity index (χ1v) is 16.7. The van der Waals surface area contributed by atoms with E-state index in [0.717, 1.165) is 68.4 Å². The second kappa shape index (κ2) is 12.1. The van der Waals surface area contributed by atoms with E-state index in [1.165, 1.54) is 64.2 Å². The van der Waals surface area contributed by atoms with Gasteiger partial charge in [-0.1, -0.05) is 53.4 Å². The number of nitrogens with zero attached hydrogens (tertiary/aromatic N) is 1. The summed E-state index contributed by atoms with van der Waals surface area (Å²) >= 11 is 0. The van der Waals surface area contributed by atoms with E-state index in [1.54, 1.807) is 6.33 Å². The number of fused-ring (bicyclic) bond motifs is 5. The molecule has 0 aliphatic heterocycles. The van der Waals surface area contributed by atoms with Crippen LogP contribution in [0, 0.1) is 46.3 Å². The lowest BCUT2D eigenvalue weighted by molar-refractivity contribution is -0.220. The smallest absolute Gasteiger partial charge is 0.0923 e. The van der Waals surface area contributed by atoms with Crippen molar-refractivity contribution in [2.24, 2.45) is 46.3 Å². The minimum absolute atomic E-state index is 0.0416. The Kier molecular flexibility index (Phi) is 9.20. The Morgan fingerprint density at radius 3 is 2.69 bits per heavy atom. The van der Waals surface area contributed by atoms with Crippen molar-refractivity contribution in [3.63, 3.8) is 0 Å². The van der Waals surface area contributed by atoms with Gasteiger partial charge in [0.15, 0.2) is 0 Å². The molecule has 39 heavy (non-hydrogen) atoms. The van der Waals surface area contributed by atoms with Gasteiger partial charge in [0, 0.05) is 43.8 Å². The molecule has 0 spiro atoms. The lowest BCUT2D eigenvalue weighted by Crippen LogP contribution is -2.70. The van der Waals surface area contributed by atoms with Crippen LogP contribution in [0.15, 0.2) is 12.5 Å². The summed E-state index contributed by atoms with van der Waals surface area (Å²) in [5, 5.41) is 16.4. The summed E-state index contributed by atoms with van der Waals surface area (Å²) in [4.78, 5) is 7.52. The molecule has 4 aliphatic rings. The Morgan fingerprint density at radius 1 is 1.10 bits per heavy atom. The summed E-state index contributed by atoms with van der Waals surface area (Å²) < 4.78 is 5.67. The maximum Gasteiger partial charge on any atom is 0.0923 e. The van der Waals surface area contributed by atoms with Gasteiger partial charge in [0.1, 0.15) is 0 Å². The Balaban J connectivity index is 1.28. The third-order valence-corrected chi connectivity index (χ3v) is 12.9. The number of aromatic nitrogens is 2. The Hall–Kier alpha value is -0.910. The fourth-order valence-corrected chi connectivity index (χ4v) is 10.8. The van der Waals surface area contributed by atoms with E-state index in [2.05, 4.69) is 49.9 Å². The largest absolute Gasteiger partial charge is 0.388 e. The van der Waals surface area contributed by atoms with Gasteiger partial charge in [0.2, 0.25) is 0 Å². The van der Waals surface area contributed by atoms with Crippen LogP contribution in [0.5, 0.6) is 0 Å². The highest BCUT2D eigenvalue weighted by molar-refractivity contribution is 5.18. The van der Waals surface area contributed by atoms with Crippen LogP contribution in [0.3, 0.4) is 0 Å². The van der Waals surface area contributed by atoms with Crippen molar-refractivity contribution in [1.82, 2.24) is 15.3 Å². The van der Waals surface area contributed by atoms with Gasteiger partial charge < -0.3 is 20.1 Å². The van der Waals surface area contributed by atoms with Gasteiger partial charge in [-0.3, -0.25) is 0 Å². The molecule has 4 aliphatic carbocycles. The van der Waals surface area contributed by atoms with Gasteiger partial charge in [-0.15, -0.1) is 0 Å². The van der Waals surface area contributed by atoms with Crippen LogP contribution >= 0.6 is 0 Å². The van der Waals surface area contributed by atoms with E-state index in [-0.39, 0.29) is 11.5 Å². The molecule has 0 saturated heterocycles. The molecule has 10 atom stereocenters. The lowest BCUT2D eigenvalue weighted by atomic mass is 9.42. The molecule has 4 fully saturated rings. The molecule has 1 aromatic rings. The second-order valence-corrected chi connectivity index (χ2v) is 14.9. The van der Waals surface area contributed by atoms with Crippen LogP contribution in [0.2, 0.25) is 0 Å². The number of aliphatic hydroxyl groups is 1. The topological polar surface area (TPSA) is 70.2 Å². The van der Waals surface area contributed by atoms with Gasteiger partial charge in [0.25, 0.3) is 0 Å². The normalized spacial score (nSPS) is 41.4. The first-order chi connectivity index (χ1) is 18.7. The molecule has 0 amide bonds. The average molecular weight is 542 g/mol. The van der Waals surface area contributed by atoms with Crippen molar-refractivity contribution in [3.05, 3.63) is 18.2 Å². The molecule has 0 bridgehead atoms. The standard InChI is InChI=1S/C34H59N3O2/c1-6-39-22-24(2)10-9-11-25(3)28-12-13-29-27-20-31(36-19-15-26-21-35-23-37-26)34(38)17-8-7-16-33(34,5)30(27)14-18-32(28,29)4/h21,23-25,27-31,36,38H,6-20,22H2,1-5H3,(H,35,37)/t24?,25?,27-,28+,29-,30-,31+,32+,33+,34-/m0/s1. The predicted molar refractivity (Wildman–Crippen MR) is 159 cm³/mol. The number of hydrogen-bond donors (Lipinski definition) is 3.